The van der Waals surface area contributed by atoms with Crippen LogP contribution in [-0.4, -0.2) is 40.7 Å². The molecule has 0 bridgehead atoms. The Morgan fingerprint density at radius 2 is 1.93 bits per heavy atom. The Balaban J connectivity index is 1.13. The van der Waals surface area contributed by atoms with Gasteiger partial charge in [0.05, 0.1) is 0 Å². The van der Waals surface area contributed by atoms with Crippen molar-refractivity contribution < 1.29 is 0 Å². The maximum Gasteiger partial charge on any atom is 0.143 e. The van der Waals surface area contributed by atoms with Crippen LogP contribution in [0.1, 0.15) is 49.8 Å². The van der Waals surface area contributed by atoms with Gasteiger partial charge in [-0.3, -0.25) is 0 Å². The van der Waals surface area contributed by atoms with Crippen LogP contribution in [0.15, 0.2) is 49.1 Å². The summed E-state index contributed by atoms with van der Waals surface area (Å²) >= 11 is 0. The summed E-state index contributed by atoms with van der Waals surface area (Å²) in [5.41, 5.74) is 3.89. The normalized spacial score (nSPS) is 19.0. The second-order valence-corrected chi connectivity index (χ2v) is 8.55. The second kappa shape index (κ2) is 10.7. The van der Waals surface area contributed by atoms with E-state index in [4.69, 9.17) is 0 Å². The lowest BCUT2D eigenvalue weighted by Gasteiger charge is -2.15. The smallest absolute Gasteiger partial charge is 0.143 e. The van der Waals surface area contributed by atoms with Crippen LogP contribution >= 0.6 is 0 Å². The number of aromatic nitrogens is 3. The molecule has 2 unspecified atom stereocenters. The molecule has 30 heavy (non-hydrogen) atoms. The van der Waals surface area contributed by atoms with Gasteiger partial charge in [0.15, 0.2) is 0 Å². The SMILES string of the molecule is CCc1cn(C2CCC(CNCCCNCCc3ccccc3)C2)c2ncncc12. The van der Waals surface area contributed by atoms with E-state index in [1.807, 2.05) is 6.20 Å². The molecule has 1 aromatic carbocycles. The largest absolute Gasteiger partial charge is 0.329 e. The van der Waals surface area contributed by atoms with Gasteiger partial charge in [-0.1, -0.05) is 37.3 Å². The molecule has 0 radical (unpaired) electrons. The van der Waals surface area contributed by atoms with Crippen LogP contribution in [0.2, 0.25) is 0 Å². The molecule has 1 aliphatic carbocycles. The summed E-state index contributed by atoms with van der Waals surface area (Å²) in [7, 11) is 0. The molecule has 4 rings (SSSR count). The standard InChI is InChI=1S/C25H35N5/c1-2-22-18-30(25-24(22)17-28-19-29-25)23-10-9-21(15-23)16-27-13-6-12-26-14-11-20-7-4-3-5-8-20/h3-5,7-8,17-19,21,23,26-27H,2,6,9-16H2,1H3. The van der Waals surface area contributed by atoms with Gasteiger partial charge in [-0.05, 0) is 81.7 Å². The molecule has 1 aliphatic rings. The summed E-state index contributed by atoms with van der Waals surface area (Å²) in [6.45, 7) is 6.59. The zero-order chi connectivity index (χ0) is 20.6. The number of fused-ring (bicyclic) bond motifs is 1. The van der Waals surface area contributed by atoms with Gasteiger partial charge in [0, 0.05) is 23.8 Å². The Labute approximate surface area is 180 Å². The highest BCUT2D eigenvalue weighted by Gasteiger charge is 2.27. The van der Waals surface area contributed by atoms with Crippen LogP contribution in [-0.2, 0) is 12.8 Å². The number of nitrogens with zero attached hydrogens (tertiary/aromatic N) is 3. The molecule has 0 saturated heterocycles. The quantitative estimate of drug-likeness (QED) is 0.471. The second-order valence-electron chi connectivity index (χ2n) is 8.55. The van der Waals surface area contributed by atoms with E-state index < -0.39 is 0 Å². The van der Waals surface area contributed by atoms with Crippen molar-refractivity contribution in [3.8, 4) is 0 Å². The van der Waals surface area contributed by atoms with Crippen molar-refractivity contribution in [1.82, 2.24) is 25.2 Å². The van der Waals surface area contributed by atoms with E-state index in [1.165, 1.54) is 42.2 Å². The lowest BCUT2D eigenvalue weighted by molar-refractivity contribution is 0.451. The molecule has 2 N–H and O–H groups in total. The average molecular weight is 406 g/mol. The van der Waals surface area contributed by atoms with Gasteiger partial charge >= 0.3 is 0 Å². The number of rotatable bonds is 11. The first-order valence-corrected chi connectivity index (χ1v) is 11.6. The number of benzene rings is 1. The van der Waals surface area contributed by atoms with Crippen LogP contribution in [0.25, 0.3) is 11.0 Å². The number of nitrogens with one attached hydrogen (secondary N) is 2. The van der Waals surface area contributed by atoms with E-state index >= 15 is 0 Å². The predicted octanol–water partition coefficient (Wildman–Crippen LogP) is 4.15. The molecule has 1 fully saturated rings. The Morgan fingerprint density at radius 3 is 2.80 bits per heavy atom. The molecular weight excluding hydrogens is 370 g/mol. The number of hydrogen-bond donors (Lipinski definition) is 2. The van der Waals surface area contributed by atoms with Crippen molar-refractivity contribution in [2.24, 2.45) is 5.92 Å². The minimum Gasteiger partial charge on any atom is -0.329 e. The summed E-state index contributed by atoms with van der Waals surface area (Å²) in [4.78, 5) is 8.81. The van der Waals surface area contributed by atoms with Crippen molar-refractivity contribution in [2.75, 3.05) is 26.2 Å². The third-order valence-electron chi connectivity index (χ3n) is 6.44. The van der Waals surface area contributed by atoms with Crippen LogP contribution in [0.3, 0.4) is 0 Å². The third-order valence-corrected chi connectivity index (χ3v) is 6.44. The molecule has 160 valence electrons. The molecule has 2 aromatic heterocycles. The third kappa shape index (κ3) is 5.27. The summed E-state index contributed by atoms with van der Waals surface area (Å²) in [6, 6.07) is 11.3. The van der Waals surface area contributed by atoms with E-state index in [0.29, 0.717) is 6.04 Å². The summed E-state index contributed by atoms with van der Waals surface area (Å²) in [6.07, 6.45) is 13.1. The highest BCUT2D eigenvalue weighted by Crippen LogP contribution is 2.37. The maximum absolute atomic E-state index is 4.58. The molecule has 2 atom stereocenters. The van der Waals surface area contributed by atoms with E-state index in [1.54, 1.807) is 6.33 Å². The fraction of sp³-hybridized carbons (Fsp3) is 0.520. The Kier molecular flexibility index (Phi) is 7.49. The fourth-order valence-corrected chi connectivity index (χ4v) is 4.75. The molecule has 0 amide bonds. The van der Waals surface area contributed by atoms with Crippen LogP contribution in [0.5, 0.6) is 0 Å². The van der Waals surface area contributed by atoms with Gasteiger partial charge in [-0.2, -0.15) is 0 Å². The highest BCUT2D eigenvalue weighted by molar-refractivity contribution is 5.79. The zero-order valence-corrected chi connectivity index (χ0v) is 18.2. The zero-order valence-electron chi connectivity index (χ0n) is 18.2. The van der Waals surface area contributed by atoms with Crippen LogP contribution in [0.4, 0.5) is 0 Å². The van der Waals surface area contributed by atoms with Gasteiger partial charge in [-0.25, -0.2) is 9.97 Å². The van der Waals surface area contributed by atoms with Gasteiger partial charge in [0.1, 0.15) is 12.0 Å². The molecule has 0 aliphatic heterocycles. The molecule has 3 aromatic rings. The van der Waals surface area contributed by atoms with Crippen molar-refractivity contribution in [2.45, 2.75) is 51.5 Å². The predicted molar refractivity (Wildman–Crippen MR) is 124 cm³/mol. The Bertz CT molecular complexity index is 904. The van der Waals surface area contributed by atoms with E-state index in [0.717, 1.165) is 50.6 Å². The minimum atomic E-state index is 0.578. The molecule has 1 saturated carbocycles. The maximum atomic E-state index is 4.58. The Morgan fingerprint density at radius 1 is 1.07 bits per heavy atom. The minimum absolute atomic E-state index is 0.578. The monoisotopic (exact) mass is 405 g/mol. The molecule has 5 nitrogen and oxygen atoms in total. The lowest BCUT2D eigenvalue weighted by Crippen LogP contribution is -2.26. The number of aryl methyl sites for hydroxylation is 1. The molecule has 2 heterocycles. The van der Waals surface area contributed by atoms with E-state index in [9.17, 15) is 0 Å². The number of hydrogen-bond acceptors (Lipinski definition) is 4. The summed E-state index contributed by atoms with van der Waals surface area (Å²) in [5, 5.41) is 8.47. The lowest BCUT2D eigenvalue weighted by atomic mass is 10.1. The van der Waals surface area contributed by atoms with Crippen molar-refractivity contribution in [3.63, 3.8) is 0 Å². The first kappa shape index (κ1) is 21.0. The van der Waals surface area contributed by atoms with Gasteiger partial charge in [0.2, 0.25) is 0 Å². The highest BCUT2D eigenvalue weighted by atomic mass is 15.1. The van der Waals surface area contributed by atoms with Gasteiger partial charge in [-0.15, -0.1) is 0 Å². The van der Waals surface area contributed by atoms with Gasteiger partial charge < -0.3 is 15.2 Å². The molecule has 0 spiro atoms. The van der Waals surface area contributed by atoms with Crippen molar-refractivity contribution in [1.29, 1.82) is 0 Å². The summed E-state index contributed by atoms with van der Waals surface area (Å²) in [5.74, 6) is 0.769. The average Bonchev–Trinajstić information content (AvgIpc) is 3.40. The fourth-order valence-electron chi connectivity index (χ4n) is 4.75. The topological polar surface area (TPSA) is 54.8 Å². The molecule has 5 heteroatoms. The van der Waals surface area contributed by atoms with Crippen LogP contribution in [0, 0.1) is 5.92 Å². The van der Waals surface area contributed by atoms with Crippen LogP contribution < -0.4 is 10.6 Å². The summed E-state index contributed by atoms with van der Waals surface area (Å²) < 4.78 is 2.42. The van der Waals surface area contributed by atoms with Gasteiger partial charge in [0.25, 0.3) is 0 Å². The molecular formula is C25H35N5. The van der Waals surface area contributed by atoms with Crippen molar-refractivity contribution >= 4 is 11.0 Å². The Hall–Kier alpha value is -2.24. The van der Waals surface area contributed by atoms with Crippen molar-refractivity contribution in [3.05, 3.63) is 60.2 Å². The van der Waals surface area contributed by atoms with E-state index in [2.05, 4.69) is 68.6 Å². The first-order chi connectivity index (χ1) is 14.8. The first-order valence-electron chi connectivity index (χ1n) is 11.6. The van der Waals surface area contributed by atoms with E-state index in [-0.39, 0.29) is 0 Å².